The fourth-order valence-corrected chi connectivity index (χ4v) is 6.66. The van der Waals surface area contributed by atoms with E-state index in [0.29, 0.717) is 39.9 Å². The Balaban J connectivity index is 1.23. The second-order valence-electron chi connectivity index (χ2n) is 10.5. The van der Waals surface area contributed by atoms with Gasteiger partial charge in [-0.25, -0.2) is 18.7 Å². The molecule has 0 aliphatic carbocycles. The summed E-state index contributed by atoms with van der Waals surface area (Å²) >= 11 is 8.38. The lowest BCUT2D eigenvalue weighted by Gasteiger charge is -2.27. The predicted octanol–water partition coefficient (Wildman–Crippen LogP) is 5.31. The number of fused-ring (bicyclic) bond motifs is 1. The molecule has 1 fully saturated rings. The molecule has 236 valence electrons. The highest BCUT2D eigenvalue weighted by atomic mass is 127. The Morgan fingerprint density at radius 1 is 1.00 bits per heavy atom. The van der Waals surface area contributed by atoms with Crippen LogP contribution in [0.5, 0.6) is 0 Å². The van der Waals surface area contributed by atoms with Crippen LogP contribution in [0.25, 0.3) is 22.0 Å². The van der Waals surface area contributed by atoms with Gasteiger partial charge in [0.1, 0.15) is 12.6 Å². The standard InChI is InChI=1S/C33H23ClF2IN7O3/c34-23-6-2-1-4-20(23)21-5-3-7-24(30(21)36)41-33(47)26-11-12-27(37)44(26)29(45)17-43-25-10-8-18(14-22(25)31(42-43)32(38)46)9-13-28-39-15-19(35)16-40-28/h1-8,10,14-16,26-27H,11-12,17H2,(H2,38,46)(H,41,47)/t26-,27-/m0/s1. The average Bonchev–Trinajstić information content (AvgIpc) is 3.62. The first-order valence-electron chi connectivity index (χ1n) is 14.2. The third-order valence-corrected chi connectivity index (χ3v) is 9.09. The second-order valence-corrected chi connectivity index (χ2v) is 12.4. The zero-order chi connectivity index (χ0) is 33.2. The van der Waals surface area contributed by atoms with Crippen LogP contribution in [-0.4, -0.2) is 52.5 Å². The number of amides is 3. The number of carbonyl (C=O) groups excluding carboxylic acids is 3. The molecule has 1 saturated heterocycles. The highest BCUT2D eigenvalue weighted by Gasteiger charge is 2.40. The van der Waals surface area contributed by atoms with Gasteiger partial charge in [0.15, 0.2) is 17.3 Å². The van der Waals surface area contributed by atoms with Crippen LogP contribution in [0.15, 0.2) is 73.1 Å². The largest absolute Gasteiger partial charge is 0.364 e. The molecule has 3 N–H and O–H groups in total. The number of alkyl halides is 1. The minimum absolute atomic E-state index is 0.0363. The van der Waals surface area contributed by atoms with E-state index in [0.717, 1.165) is 12.4 Å². The van der Waals surface area contributed by atoms with Gasteiger partial charge in [-0.2, -0.15) is 5.10 Å². The molecule has 2 aromatic heterocycles. The van der Waals surface area contributed by atoms with Crippen LogP contribution in [0.2, 0.25) is 5.02 Å². The summed E-state index contributed by atoms with van der Waals surface area (Å²) in [6.45, 7) is -0.294. The van der Waals surface area contributed by atoms with Crippen molar-refractivity contribution in [1.82, 2.24) is 24.6 Å². The number of nitrogens with zero attached hydrogens (tertiary/aromatic N) is 5. The van der Waals surface area contributed by atoms with E-state index < -0.39 is 35.4 Å². The maximum Gasteiger partial charge on any atom is 0.269 e. The van der Waals surface area contributed by atoms with Crippen LogP contribution in [0.3, 0.4) is 0 Å². The van der Waals surface area contributed by atoms with Crippen molar-refractivity contribution < 1.29 is 23.2 Å². The van der Waals surface area contributed by atoms with Gasteiger partial charge >= 0.3 is 0 Å². The highest BCUT2D eigenvalue weighted by Crippen LogP contribution is 2.34. The molecule has 0 saturated carbocycles. The quantitative estimate of drug-likeness (QED) is 0.104. The molecule has 3 heterocycles. The van der Waals surface area contributed by atoms with Crippen LogP contribution in [0.1, 0.15) is 34.7 Å². The summed E-state index contributed by atoms with van der Waals surface area (Å²) < 4.78 is 29.7. The molecule has 0 radical (unpaired) electrons. The number of nitrogens with one attached hydrogen (secondary N) is 1. The number of primary amides is 1. The normalized spacial score (nSPS) is 15.7. The molecule has 0 unspecified atom stereocenters. The maximum absolute atomic E-state index is 15.6. The molecule has 14 heteroatoms. The van der Waals surface area contributed by atoms with Crippen molar-refractivity contribution in [2.45, 2.75) is 29.5 Å². The summed E-state index contributed by atoms with van der Waals surface area (Å²) in [7, 11) is 0. The van der Waals surface area contributed by atoms with Crippen molar-refractivity contribution in [1.29, 1.82) is 0 Å². The molecular weight excluding hydrogens is 743 g/mol. The minimum atomic E-state index is -0.874. The molecule has 5 aromatic rings. The van der Waals surface area contributed by atoms with Crippen LogP contribution in [0, 0.1) is 23.5 Å². The van der Waals surface area contributed by atoms with E-state index in [1.807, 2.05) is 0 Å². The number of hydrogen-bond acceptors (Lipinski definition) is 6. The fraction of sp³-hybridized carbons (Fsp3) is 0.152. The van der Waals surface area contributed by atoms with E-state index in [1.54, 1.807) is 54.6 Å². The van der Waals surface area contributed by atoms with E-state index in [4.69, 9.17) is 17.3 Å². The van der Waals surface area contributed by atoms with Crippen LogP contribution < -0.4 is 11.1 Å². The van der Waals surface area contributed by atoms with Gasteiger partial charge in [-0.05, 0) is 49.1 Å². The van der Waals surface area contributed by atoms with Crippen molar-refractivity contribution in [3.8, 4) is 23.0 Å². The highest BCUT2D eigenvalue weighted by molar-refractivity contribution is 14.1. The van der Waals surface area contributed by atoms with Gasteiger partial charge in [-0.15, -0.1) is 0 Å². The molecular formula is C33H23ClF2IN7O3. The van der Waals surface area contributed by atoms with Crippen LogP contribution in [0.4, 0.5) is 14.5 Å². The summed E-state index contributed by atoms with van der Waals surface area (Å²) in [4.78, 5) is 48.6. The predicted molar refractivity (Wildman–Crippen MR) is 179 cm³/mol. The SMILES string of the molecule is NC(=O)c1nn(CC(=O)N2[C@H](I)CC[C@H]2C(=O)Nc2cccc(-c3ccccc3Cl)c2F)c2ccc(C#Cc3ncc(F)cn3)cc12. The lowest BCUT2D eigenvalue weighted by Crippen LogP contribution is -2.46. The van der Waals surface area contributed by atoms with Gasteiger partial charge in [-0.1, -0.05) is 70.4 Å². The number of anilines is 1. The van der Waals surface area contributed by atoms with Crippen molar-refractivity contribution in [2.75, 3.05) is 5.32 Å². The topological polar surface area (TPSA) is 136 Å². The molecule has 1 aliphatic heterocycles. The van der Waals surface area contributed by atoms with E-state index >= 15 is 4.39 Å². The van der Waals surface area contributed by atoms with Crippen molar-refractivity contribution >= 4 is 68.5 Å². The Morgan fingerprint density at radius 2 is 1.74 bits per heavy atom. The molecule has 1 aliphatic rings. The number of likely N-dealkylation sites (tertiary alicyclic amines) is 1. The summed E-state index contributed by atoms with van der Waals surface area (Å²) in [5.74, 6) is 2.68. The minimum Gasteiger partial charge on any atom is -0.364 e. The first kappa shape index (κ1) is 32.0. The zero-order valence-corrected chi connectivity index (χ0v) is 27.2. The molecule has 10 nitrogen and oxygen atoms in total. The first-order chi connectivity index (χ1) is 22.6. The fourth-order valence-electron chi connectivity index (χ4n) is 5.36. The summed E-state index contributed by atoms with van der Waals surface area (Å²) in [6.07, 6.45) is 2.90. The molecule has 47 heavy (non-hydrogen) atoms. The lowest BCUT2D eigenvalue weighted by molar-refractivity contribution is -0.137. The van der Waals surface area contributed by atoms with Crippen molar-refractivity contribution in [3.05, 3.63) is 107 Å². The van der Waals surface area contributed by atoms with E-state index in [9.17, 15) is 18.8 Å². The monoisotopic (exact) mass is 765 g/mol. The summed E-state index contributed by atoms with van der Waals surface area (Å²) in [5, 5.41) is 7.69. The third-order valence-electron chi connectivity index (χ3n) is 7.54. The Hall–Kier alpha value is -4.94. The number of carbonyl (C=O) groups is 3. The second kappa shape index (κ2) is 13.4. The Kier molecular flexibility index (Phi) is 9.15. The molecule has 3 amide bonds. The molecule has 0 bridgehead atoms. The Morgan fingerprint density at radius 3 is 2.49 bits per heavy atom. The van der Waals surface area contributed by atoms with Crippen LogP contribution in [-0.2, 0) is 16.1 Å². The summed E-state index contributed by atoms with van der Waals surface area (Å²) in [6, 6.07) is 15.5. The number of nitrogens with two attached hydrogens (primary N) is 1. The average molecular weight is 766 g/mol. The van der Waals surface area contributed by atoms with Gasteiger partial charge in [0.2, 0.25) is 17.6 Å². The number of rotatable bonds is 6. The Bertz CT molecular complexity index is 2110. The number of benzene rings is 3. The summed E-state index contributed by atoms with van der Waals surface area (Å²) in [5.41, 5.74) is 7.14. The van der Waals surface area contributed by atoms with E-state index in [1.165, 1.54) is 15.6 Å². The van der Waals surface area contributed by atoms with E-state index in [-0.39, 0.29) is 33.4 Å². The van der Waals surface area contributed by atoms with E-state index in [2.05, 4.69) is 54.8 Å². The van der Waals surface area contributed by atoms with Crippen molar-refractivity contribution in [3.63, 3.8) is 0 Å². The van der Waals surface area contributed by atoms with Gasteiger partial charge in [0.05, 0.1) is 27.6 Å². The van der Waals surface area contributed by atoms with Crippen LogP contribution >= 0.6 is 34.2 Å². The van der Waals surface area contributed by atoms with Gasteiger partial charge in [-0.3, -0.25) is 19.1 Å². The maximum atomic E-state index is 15.6. The van der Waals surface area contributed by atoms with Crippen molar-refractivity contribution in [2.24, 2.45) is 5.73 Å². The molecule has 0 spiro atoms. The zero-order valence-electron chi connectivity index (χ0n) is 24.3. The van der Waals surface area contributed by atoms with Gasteiger partial charge in [0, 0.05) is 27.1 Å². The lowest BCUT2D eigenvalue weighted by atomic mass is 10.0. The third kappa shape index (κ3) is 6.65. The number of hydrogen-bond donors (Lipinski definition) is 2. The first-order valence-corrected chi connectivity index (χ1v) is 15.8. The van der Waals surface area contributed by atoms with Gasteiger partial charge < -0.3 is 16.0 Å². The number of aromatic nitrogens is 4. The number of halogens is 4. The Labute approximate surface area is 285 Å². The van der Waals surface area contributed by atoms with Gasteiger partial charge in [0.25, 0.3) is 5.91 Å². The molecule has 2 atom stereocenters. The smallest absolute Gasteiger partial charge is 0.269 e. The molecule has 3 aromatic carbocycles. The molecule has 6 rings (SSSR count).